The highest BCUT2D eigenvalue weighted by Gasteiger charge is 2.34. The van der Waals surface area contributed by atoms with Crippen LogP contribution in [0.25, 0.3) is 11.0 Å². The van der Waals surface area contributed by atoms with Crippen LogP contribution < -0.4 is 4.90 Å². The van der Waals surface area contributed by atoms with E-state index in [-0.39, 0.29) is 18.4 Å². The topological polar surface area (TPSA) is 108 Å². The number of carbonyl (C=O) groups excluding carboxylic acids is 1. The molecular weight excluding hydrogens is 376 g/mol. The minimum absolute atomic E-state index is 0.0986. The Kier molecular flexibility index (Phi) is 5.97. The van der Waals surface area contributed by atoms with Crippen molar-refractivity contribution < 1.29 is 24.3 Å². The Morgan fingerprint density at radius 3 is 2.79 bits per heavy atom. The zero-order valence-electron chi connectivity index (χ0n) is 17.3. The normalized spacial score (nSPS) is 17.0. The first-order chi connectivity index (χ1) is 13.7. The minimum Gasteiger partial charge on any atom is -0.466 e. The van der Waals surface area contributed by atoms with Crippen LogP contribution in [0.15, 0.2) is 18.2 Å². The van der Waals surface area contributed by atoms with Crippen molar-refractivity contribution in [3.63, 3.8) is 0 Å². The van der Waals surface area contributed by atoms with Gasteiger partial charge >= 0.3 is 12.1 Å². The summed E-state index contributed by atoms with van der Waals surface area (Å²) < 4.78 is 4.96. The number of H-pyrrole nitrogens is 1. The van der Waals surface area contributed by atoms with Gasteiger partial charge in [-0.3, -0.25) is 9.63 Å². The molecule has 1 aliphatic heterocycles. The van der Waals surface area contributed by atoms with E-state index in [1.807, 2.05) is 39.0 Å². The molecule has 9 heteroatoms. The third-order valence-electron chi connectivity index (χ3n) is 4.55. The molecule has 0 radical (unpaired) electrons. The molecule has 2 heterocycles. The number of imidazole rings is 1. The minimum atomic E-state index is -1.08. The fraction of sp³-hybridized carbons (Fsp3) is 0.550. The Balaban J connectivity index is 1.72. The molecule has 0 bridgehead atoms. The number of carboxylic acid groups (broad SMARTS) is 1. The van der Waals surface area contributed by atoms with Crippen molar-refractivity contribution in [3.8, 4) is 0 Å². The molecule has 9 nitrogen and oxygen atoms in total. The second-order valence-electron chi connectivity index (χ2n) is 8.07. The first-order valence-electron chi connectivity index (χ1n) is 9.77. The number of amides is 1. The molecule has 0 spiro atoms. The predicted molar refractivity (Wildman–Crippen MR) is 108 cm³/mol. The van der Waals surface area contributed by atoms with Crippen LogP contribution in [0.4, 0.5) is 10.5 Å². The molecule has 1 fully saturated rings. The summed E-state index contributed by atoms with van der Waals surface area (Å²) in [5.74, 6) is 0.243. The number of nitrogens with zero attached hydrogens (tertiary/aromatic N) is 3. The molecular formula is C20H28N4O5. The molecule has 2 N–H and O–H groups in total. The zero-order chi connectivity index (χ0) is 21.2. The lowest BCUT2D eigenvalue weighted by atomic mass is 10.2. The summed E-state index contributed by atoms with van der Waals surface area (Å²) in [5.41, 5.74) is 1.97. The van der Waals surface area contributed by atoms with Crippen LogP contribution in [0.5, 0.6) is 0 Å². The van der Waals surface area contributed by atoms with Gasteiger partial charge in [0.25, 0.3) is 0 Å². The van der Waals surface area contributed by atoms with Crippen molar-refractivity contribution >= 4 is 28.8 Å². The zero-order valence-corrected chi connectivity index (χ0v) is 17.3. The number of hydroxylamine groups is 2. The smallest absolute Gasteiger partial charge is 0.431 e. The third kappa shape index (κ3) is 5.17. The summed E-state index contributed by atoms with van der Waals surface area (Å²) in [4.78, 5) is 38.7. The second-order valence-corrected chi connectivity index (χ2v) is 8.07. The van der Waals surface area contributed by atoms with Crippen molar-refractivity contribution in [2.45, 2.75) is 52.2 Å². The highest BCUT2D eigenvalue weighted by atomic mass is 16.7. The van der Waals surface area contributed by atoms with E-state index >= 15 is 0 Å². The van der Waals surface area contributed by atoms with Crippen LogP contribution in [-0.2, 0) is 20.8 Å². The number of anilines is 1. The Morgan fingerprint density at radius 1 is 1.38 bits per heavy atom. The lowest BCUT2D eigenvalue weighted by molar-refractivity contribution is -0.219. The van der Waals surface area contributed by atoms with Crippen molar-refractivity contribution in [2.75, 3.05) is 24.6 Å². The molecule has 1 atom stereocenters. The number of rotatable bonds is 6. The van der Waals surface area contributed by atoms with Crippen LogP contribution in [0.2, 0.25) is 0 Å². The number of aromatic nitrogens is 2. The largest absolute Gasteiger partial charge is 0.466 e. The lowest BCUT2D eigenvalue weighted by Gasteiger charge is -2.31. The van der Waals surface area contributed by atoms with Gasteiger partial charge in [-0.1, -0.05) is 0 Å². The van der Waals surface area contributed by atoms with Gasteiger partial charge in [-0.05, 0) is 52.3 Å². The van der Waals surface area contributed by atoms with E-state index in [1.54, 1.807) is 6.92 Å². The number of ether oxygens (including phenoxy) is 1. The molecule has 0 aliphatic carbocycles. The van der Waals surface area contributed by atoms with Gasteiger partial charge in [0.15, 0.2) is 0 Å². The number of fused-ring (bicyclic) bond motifs is 1. The highest BCUT2D eigenvalue weighted by Crippen LogP contribution is 2.27. The number of nitrogens with one attached hydrogen (secondary N) is 1. The van der Waals surface area contributed by atoms with Crippen molar-refractivity contribution in [1.82, 2.24) is 15.0 Å². The number of carbonyl (C=O) groups is 2. The fourth-order valence-corrected chi connectivity index (χ4v) is 3.41. The quantitative estimate of drug-likeness (QED) is 0.563. The maximum atomic E-state index is 11.7. The van der Waals surface area contributed by atoms with Crippen LogP contribution in [0.3, 0.4) is 0 Å². The number of hydrogen-bond acceptors (Lipinski definition) is 6. The van der Waals surface area contributed by atoms with Gasteiger partial charge in [-0.25, -0.2) is 9.78 Å². The second kappa shape index (κ2) is 8.28. The molecule has 0 saturated carbocycles. The van der Waals surface area contributed by atoms with Crippen LogP contribution >= 0.6 is 0 Å². The summed E-state index contributed by atoms with van der Waals surface area (Å²) in [5, 5.41) is 10.6. The van der Waals surface area contributed by atoms with E-state index < -0.39 is 11.7 Å². The van der Waals surface area contributed by atoms with Gasteiger partial charge in [0.05, 0.1) is 29.3 Å². The third-order valence-corrected chi connectivity index (χ3v) is 4.55. The van der Waals surface area contributed by atoms with Crippen molar-refractivity contribution in [3.05, 3.63) is 24.0 Å². The molecule has 1 aromatic heterocycles. The van der Waals surface area contributed by atoms with Crippen LogP contribution in [0.1, 0.15) is 39.9 Å². The average molecular weight is 404 g/mol. The Bertz CT molecular complexity index is 889. The van der Waals surface area contributed by atoms with E-state index in [0.29, 0.717) is 25.4 Å². The SMILES string of the molecule is CCOC(=O)Cc1nc2ccc(N3CCC(N(OC(C)(C)C)C(=O)O)C3)cc2[nH]1. The molecule has 1 saturated heterocycles. The predicted octanol–water partition coefficient (Wildman–Crippen LogP) is 2.96. The van der Waals surface area contributed by atoms with Gasteiger partial charge in [0.2, 0.25) is 0 Å². The van der Waals surface area contributed by atoms with E-state index in [0.717, 1.165) is 28.3 Å². The van der Waals surface area contributed by atoms with Gasteiger partial charge in [-0.15, -0.1) is 0 Å². The number of aromatic amines is 1. The van der Waals surface area contributed by atoms with E-state index in [1.165, 1.54) is 0 Å². The Morgan fingerprint density at radius 2 is 2.14 bits per heavy atom. The van der Waals surface area contributed by atoms with Crippen molar-refractivity contribution in [2.24, 2.45) is 0 Å². The molecule has 3 rings (SSSR count). The maximum Gasteiger partial charge on any atom is 0.431 e. The monoisotopic (exact) mass is 404 g/mol. The van der Waals surface area contributed by atoms with Gasteiger partial charge in [-0.2, -0.15) is 5.06 Å². The molecule has 1 aromatic carbocycles. The molecule has 2 aromatic rings. The molecule has 29 heavy (non-hydrogen) atoms. The molecule has 1 aliphatic rings. The molecule has 158 valence electrons. The summed E-state index contributed by atoms with van der Waals surface area (Å²) in [6.07, 6.45) is -0.307. The van der Waals surface area contributed by atoms with Crippen LogP contribution in [-0.4, -0.2) is 63.5 Å². The van der Waals surface area contributed by atoms with Gasteiger partial charge < -0.3 is 19.7 Å². The first kappa shape index (κ1) is 20.9. The molecule has 1 unspecified atom stereocenters. The maximum absolute atomic E-state index is 11.7. The van der Waals surface area contributed by atoms with E-state index in [4.69, 9.17) is 9.57 Å². The fourth-order valence-electron chi connectivity index (χ4n) is 3.41. The summed E-state index contributed by atoms with van der Waals surface area (Å²) >= 11 is 0. The van der Waals surface area contributed by atoms with Gasteiger partial charge in [0, 0.05) is 18.8 Å². The highest BCUT2D eigenvalue weighted by molar-refractivity contribution is 5.81. The number of hydrogen-bond donors (Lipinski definition) is 2. The summed E-state index contributed by atoms with van der Waals surface area (Å²) in [7, 11) is 0. The number of esters is 1. The average Bonchev–Trinajstić information content (AvgIpc) is 3.24. The lowest BCUT2D eigenvalue weighted by Crippen LogP contribution is -2.45. The van der Waals surface area contributed by atoms with E-state index in [2.05, 4.69) is 14.9 Å². The summed E-state index contributed by atoms with van der Waals surface area (Å²) in [6, 6.07) is 5.57. The van der Waals surface area contributed by atoms with Gasteiger partial charge in [0.1, 0.15) is 12.2 Å². The Labute approximate surface area is 169 Å². The standard InChI is InChI=1S/C20H28N4O5/c1-5-28-18(25)11-17-21-15-7-6-13(10-16(15)22-17)23-9-8-14(12-23)24(19(26)27)29-20(2,3)4/h6-7,10,14H,5,8-9,11-12H2,1-4H3,(H,21,22)(H,26,27). The number of benzene rings is 1. The summed E-state index contributed by atoms with van der Waals surface area (Å²) in [6.45, 7) is 8.85. The van der Waals surface area contributed by atoms with Crippen LogP contribution in [0, 0.1) is 0 Å². The van der Waals surface area contributed by atoms with E-state index in [9.17, 15) is 14.7 Å². The first-order valence-corrected chi connectivity index (χ1v) is 9.77. The molecule has 1 amide bonds. The van der Waals surface area contributed by atoms with Crippen molar-refractivity contribution in [1.29, 1.82) is 0 Å². The Hall–Kier alpha value is -2.81.